The summed E-state index contributed by atoms with van der Waals surface area (Å²) in [6.07, 6.45) is 3.90. The number of rotatable bonds is 4. The van der Waals surface area contributed by atoms with Crippen LogP contribution in [-0.2, 0) is 4.79 Å². The van der Waals surface area contributed by atoms with Crippen LogP contribution in [0.1, 0.15) is 38.3 Å². The number of imidazole rings is 1. The van der Waals surface area contributed by atoms with Crippen LogP contribution in [0.15, 0.2) is 42.7 Å². The fourth-order valence-electron chi connectivity index (χ4n) is 5.15. The van der Waals surface area contributed by atoms with Gasteiger partial charge in [-0.3, -0.25) is 4.79 Å². The van der Waals surface area contributed by atoms with Gasteiger partial charge in [0.2, 0.25) is 5.91 Å². The molecule has 3 aromatic rings. The molecule has 0 aliphatic carbocycles. The molecule has 1 amide bonds. The Hall–Kier alpha value is -2.28. The van der Waals surface area contributed by atoms with Gasteiger partial charge >= 0.3 is 0 Å². The van der Waals surface area contributed by atoms with E-state index in [0.717, 1.165) is 61.3 Å². The molecule has 2 fully saturated rings. The molecule has 3 heterocycles. The van der Waals surface area contributed by atoms with E-state index in [9.17, 15) is 4.79 Å². The van der Waals surface area contributed by atoms with Crippen LogP contribution in [0.3, 0.4) is 0 Å². The Morgan fingerprint density at radius 1 is 1.18 bits per heavy atom. The maximum Gasteiger partial charge on any atom is 0.239 e. The number of piperazine rings is 1. The van der Waals surface area contributed by atoms with Crippen LogP contribution in [0.4, 0.5) is 5.69 Å². The highest BCUT2D eigenvalue weighted by Gasteiger charge is 2.32. The Labute approximate surface area is 204 Å². The molecule has 5 rings (SSSR count). The zero-order chi connectivity index (χ0) is 23.1. The van der Waals surface area contributed by atoms with Crippen LogP contribution in [0.2, 0.25) is 10.0 Å². The van der Waals surface area contributed by atoms with Gasteiger partial charge in [0.25, 0.3) is 0 Å². The first-order chi connectivity index (χ1) is 15.9. The van der Waals surface area contributed by atoms with Gasteiger partial charge in [-0.15, -0.1) is 0 Å². The topological polar surface area (TPSA) is 53.4 Å². The van der Waals surface area contributed by atoms with E-state index in [1.165, 1.54) is 0 Å². The molecule has 33 heavy (non-hydrogen) atoms. The summed E-state index contributed by atoms with van der Waals surface area (Å²) in [6.45, 7) is 7.56. The molecule has 1 aromatic heterocycles. The van der Waals surface area contributed by atoms with Gasteiger partial charge in [-0.2, -0.15) is 0 Å². The molecular weight excluding hydrogens is 457 g/mol. The van der Waals surface area contributed by atoms with Crippen molar-refractivity contribution in [3.05, 3.63) is 58.3 Å². The zero-order valence-electron chi connectivity index (χ0n) is 19.0. The number of anilines is 1. The fourth-order valence-corrected chi connectivity index (χ4v) is 5.72. The second-order valence-corrected chi connectivity index (χ2v) is 9.99. The molecule has 3 atom stereocenters. The number of amides is 1. The molecule has 8 heteroatoms. The van der Waals surface area contributed by atoms with Gasteiger partial charge in [0.1, 0.15) is 0 Å². The van der Waals surface area contributed by atoms with Crippen molar-refractivity contribution < 1.29 is 4.79 Å². The highest BCUT2D eigenvalue weighted by Crippen LogP contribution is 2.32. The first kappa shape index (κ1) is 22.5. The molecule has 2 aliphatic rings. The third kappa shape index (κ3) is 4.32. The predicted molar refractivity (Wildman–Crippen MR) is 134 cm³/mol. The van der Waals surface area contributed by atoms with Crippen molar-refractivity contribution in [3.63, 3.8) is 0 Å². The molecule has 0 saturated carbocycles. The Balaban J connectivity index is 1.38. The maximum atomic E-state index is 12.8. The fraction of sp³-hybridized carbons (Fsp3) is 0.440. The van der Waals surface area contributed by atoms with Gasteiger partial charge in [0.15, 0.2) is 0 Å². The molecule has 0 spiro atoms. The number of halogens is 2. The van der Waals surface area contributed by atoms with E-state index in [1.54, 1.807) is 6.07 Å². The van der Waals surface area contributed by atoms with E-state index in [0.29, 0.717) is 10.0 Å². The first-order valence-corrected chi connectivity index (χ1v) is 12.4. The minimum Gasteiger partial charge on any atom is -0.365 e. The average molecular weight is 486 g/mol. The largest absolute Gasteiger partial charge is 0.365 e. The Morgan fingerprint density at radius 3 is 2.76 bits per heavy atom. The van der Waals surface area contributed by atoms with Gasteiger partial charge in [0.05, 0.1) is 29.4 Å². The summed E-state index contributed by atoms with van der Waals surface area (Å²) >= 11 is 12.6. The van der Waals surface area contributed by atoms with E-state index in [-0.39, 0.29) is 24.0 Å². The molecule has 0 radical (unpaired) electrons. The number of nitrogens with one attached hydrogen (secondary N) is 1. The first-order valence-electron chi connectivity index (χ1n) is 11.6. The molecular formula is C25H29Cl2N5O. The number of nitrogens with zero attached hydrogens (tertiary/aromatic N) is 4. The van der Waals surface area contributed by atoms with Gasteiger partial charge in [0, 0.05) is 41.4 Å². The van der Waals surface area contributed by atoms with Crippen molar-refractivity contribution >= 4 is 45.8 Å². The minimum absolute atomic E-state index is 0.00405. The molecule has 2 unspecified atom stereocenters. The number of benzene rings is 2. The lowest BCUT2D eigenvalue weighted by Crippen LogP contribution is -2.56. The molecule has 6 nitrogen and oxygen atoms in total. The highest BCUT2D eigenvalue weighted by atomic mass is 35.5. The maximum absolute atomic E-state index is 12.8. The van der Waals surface area contributed by atoms with E-state index in [4.69, 9.17) is 23.2 Å². The van der Waals surface area contributed by atoms with Crippen molar-refractivity contribution in [2.45, 2.75) is 44.8 Å². The van der Waals surface area contributed by atoms with Crippen molar-refractivity contribution in [2.75, 3.05) is 31.1 Å². The quantitative estimate of drug-likeness (QED) is 0.579. The number of aromatic nitrogens is 2. The van der Waals surface area contributed by atoms with Crippen LogP contribution in [0.25, 0.3) is 11.0 Å². The number of carbonyl (C=O) groups excluding carboxylic acids is 1. The Bertz CT molecular complexity index is 1170. The lowest BCUT2D eigenvalue weighted by molar-refractivity contribution is -0.133. The average Bonchev–Trinajstić information content (AvgIpc) is 3.48. The third-order valence-corrected chi connectivity index (χ3v) is 7.58. The highest BCUT2D eigenvalue weighted by molar-refractivity contribution is 6.35. The van der Waals surface area contributed by atoms with Crippen LogP contribution < -0.4 is 10.2 Å². The molecule has 2 aromatic carbocycles. The van der Waals surface area contributed by atoms with Crippen molar-refractivity contribution in [2.24, 2.45) is 0 Å². The van der Waals surface area contributed by atoms with Gasteiger partial charge in [-0.05, 0) is 69.1 Å². The summed E-state index contributed by atoms with van der Waals surface area (Å²) in [4.78, 5) is 21.9. The smallest absolute Gasteiger partial charge is 0.239 e. The summed E-state index contributed by atoms with van der Waals surface area (Å²) < 4.78 is 2.16. The van der Waals surface area contributed by atoms with Gasteiger partial charge < -0.3 is 19.7 Å². The van der Waals surface area contributed by atoms with E-state index in [2.05, 4.69) is 51.8 Å². The SMILES string of the molecule is CC(c1ccc(Cl)cc1Cl)n1cnc2ccc(N3CCN(C(=O)C4CCCN4)C[C@@H]3C)cc21. The normalized spacial score (nSPS) is 22.2. The minimum atomic E-state index is -0.00405. The van der Waals surface area contributed by atoms with Crippen LogP contribution in [0, 0.1) is 0 Å². The van der Waals surface area contributed by atoms with Crippen LogP contribution in [0.5, 0.6) is 0 Å². The van der Waals surface area contributed by atoms with Crippen LogP contribution >= 0.6 is 23.2 Å². The molecule has 174 valence electrons. The lowest BCUT2D eigenvalue weighted by atomic mass is 10.1. The summed E-state index contributed by atoms with van der Waals surface area (Å²) in [5, 5.41) is 4.62. The van der Waals surface area contributed by atoms with Crippen molar-refractivity contribution in [1.82, 2.24) is 19.8 Å². The van der Waals surface area contributed by atoms with Gasteiger partial charge in [-0.25, -0.2) is 4.98 Å². The van der Waals surface area contributed by atoms with E-state index < -0.39 is 0 Å². The number of fused-ring (bicyclic) bond motifs is 1. The molecule has 2 saturated heterocycles. The Kier molecular flexibility index (Phi) is 6.25. The van der Waals surface area contributed by atoms with E-state index in [1.807, 2.05) is 23.4 Å². The summed E-state index contributed by atoms with van der Waals surface area (Å²) in [6, 6.07) is 12.3. The second kappa shape index (κ2) is 9.16. The number of carbonyl (C=O) groups is 1. The third-order valence-electron chi connectivity index (χ3n) is 7.02. The summed E-state index contributed by atoms with van der Waals surface area (Å²) in [5.74, 6) is 0.251. The number of hydrogen-bond donors (Lipinski definition) is 1. The Morgan fingerprint density at radius 2 is 2.03 bits per heavy atom. The van der Waals surface area contributed by atoms with Crippen molar-refractivity contribution in [1.29, 1.82) is 0 Å². The number of hydrogen-bond acceptors (Lipinski definition) is 4. The molecule has 0 bridgehead atoms. The van der Waals surface area contributed by atoms with Crippen LogP contribution in [-0.4, -0.2) is 58.6 Å². The van der Waals surface area contributed by atoms with Crippen molar-refractivity contribution in [3.8, 4) is 0 Å². The van der Waals surface area contributed by atoms with Gasteiger partial charge in [-0.1, -0.05) is 29.3 Å². The predicted octanol–water partition coefficient (Wildman–Crippen LogP) is 4.74. The lowest BCUT2D eigenvalue weighted by Gasteiger charge is -2.42. The second-order valence-electron chi connectivity index (χ2n) is 9.14. The monoisotopic (exact) mass is 485 g/mol. The zero-order valence-corrected chi connectivity index (χ0v) is 20.5. The summed E-state index contributed by atoms with van der Waals surface area (Å²) in [5.41, 5.74) is 4.17. The molecule has 1 N–H and O–H groups in total. The molecule has 2 aliphatic heterocycles. The standard InChI is InChI=1S/C25H29Cl2N5O/c1-16-14-30(25(33)23-4-3-9-28-23)10-11-31(16)19-6-8-22-24(13-19)32(15-29-22)17(2)20-7-5-18(26)12-21(20)27/h5-8,12-13,15-17,23,28H,3-4,9-11,14H2,1-2H3/t16-,17?,23?/m0/s1. The summed E-state index contributed by atoms with van der Waals surface area (Å²) in [7, 11) is 0. The van der Waals surface area contributed by atoms with E-state index >= 15 is 0 Å².